The Balaban J connectivity index is 1.64. The molecule has 3 amide bonds. The number of halogens is 2. The Morgan fingerprint density at radius 2 is 1.97 bits per heavy atom. The molecule has 0 spiro atoms. The third kappa shape index (κ3) is 9.30. The van der Waals surface area contributed by atoms with Gasteiger partial charge in [-0.1, -0.05) is 49.8 Å². The number of ether oxygens (including phenoxy) is 2. The third-order valence-corrected chi connectivity index (χ3v) is 7.71. The van der Waals surface area contributed by atoms with Crippen molar-refractivity contribution in [2.75, 3.05) is 46.9 Å². The highest BCUT2D eigenvalue weighted by molar-refractivity contribution is 6.30. The van der Waals surface area contributed by atoms with E-state index in [0.29, 0.717) is 19.0 Å². The van der Waals surface area contributed by atoms with E-state index in [1.54, 1.807) is 12.1 Å². The van der Waals surface area contributed by atoms with Crippen molar-refractivity contribution in [1.29, 1.82) is 0 Å². The summed E-state index contributed by atoms with van der Waals surface area (Å²) < 4.78 is 24.6. The molecule has 3 N–H and O–H groups in total. The van der Waals surface area contributed by atoms with Crippen molar-refractivity contribution in [3.8, 4) is 0 Å². The number of likely N-dealkylation sites (N-methyl/N-ethyl adjacent to an activating group) is 1. The summed E-state index contributed by atoms with van der Waals surface area (Å²) in [6.45, 7) is 2.45. The molecule has 0 aromatic heterocycles. The first-order valence-electron chi connectivity index (χ1n) is 13.5. The lowest BCUT2D eigenvalue weighted by Crippen LogP contribution is -2.52. The Labute approximate surface area is 225 Å². The molecular weight excluding hydrogens is 499 g/mol. The highest BCUT2D eigenvalue weighted by Gasteiger charge is 2.32. The molecule has 0 radical (unpaired) electrons. The number of likely N-dealkylation sites (tertiary alicyclic amines) is 1. The van der Waals surface area contributed by atoms with E-state index in [1.807, 2.05) is 11.9 Å². The lowest BCUT2D eigenvalue weighted by Gasteiger charge is -2.38. The van der Waals surface area contributed by atoms with Gasteiger partial charge < -0.3 is 30.3 Å². The molecule has 1 aliphatic heterocycles. The zero-order chi connectivity index (χ0) is 26.6. The van der Waals surface area contributed by atoms with Gasteiger partial charge in [0.1, 0.15) is 5.82 Å². The molecule has 1 aromatic carbocycles. The summed E-state index contributed by atoms with van der Waals surface area (Å²) in [6, 6.07) is 4.63. The number of piperidine rings is 1. The maximum Gasteiger partial charge on any atom is 0.406 e. The summed E-state index contributed by atoms with van der Waals surface area (Å²) in [7, 11) is 3.22. The van der Waals surface area contributed by atoms with Crippen LogP contribution >= 0.6 is 11.6 Å². The second-order valence-electron chi connectivity index (χ2n) is 10.2. The SMILES string of the molecule is CNCC(CC1CCCCC1)NC(=O)N1CCCC(C(OCCNC(=O)OC)c2ccc(F)c(Cl)c2)C1. The van der Waals surface area contributed by atoms with Crippen LogP contribution in [0.4, 0.5) is 14.0 Å². The Morgan fingerprint density at radius 1 is 1.19 bits per heavy atom. The lowest BCUT2D eigenvalue weighted by atomic mass is 9.85. The van der Waals surface area contributed by atoms with Gasteiger partial charge in [0.15, 0.2) is 0 Å². The average molecular weight is 541 g/mol. The number of alkyl carbamates (subject to hydrolysis) is 1. The molecule has 2 fully saturated rings. The van der Waals surface area contributed by atoms with Crippen LogP contribution < -0.4 is 16.0 Å². The number of hydrogen-bond acceptors (Lipinski definition) is 5. The molecule has 2 aliphatic rings. The lowest BCUT2D eigenvalue weighted by molar-refractivity contribution is -0.00868. The molecule has 3 atom stereocenters. The fourth-order valence-corrected chi connectivity index (χ4v) is 5.77. The smallest absolute Gasteiger partial charge is 0.406 e. The molecular formula is C27H42ClFN4O4. The number of carbonyl (C=O) groups is 2. The molecule has 1 saturated heterocycles. The highest BCUT2D eigenvalue weighted by Crippen LogP contribution is 2.34. The van der Waals surface area contributed by atoms with Crippen LogP contribution in [0.15, 0.2) is 18.2 Å². The standard InChI is InChI=1S/C27H42ClFN4O4/c1-30-17-22(15-19-7-4-3-5-8-19)32-26(34)33-13-6-9-21(18-33)25(37-14-12-31-27(35)36-2)20-10-11-24(29)23(28)16-20/h10-11,16,19,21-22,25,30H,3-9,12-15,17-18H2,1-2H3,(H,31,35)(H,32,34). The van der Waals surface area contributed by atoms with Gasteiger partial charge in [-0.3, -0.25) is 0 Å². The second-order valence-corrected chi connectivity index (χ2v) is 10.6. The summed E-state index contributed by atoms with van der Waals surface area (Å²) in [5, 5.41) is 9.14. The molecule has 3 unspecified atom stereocenters. The molecule has 1 saturated carbocycles. The molecule has 37 heavy (non-hydrogen) atoms. The molecule has 3 rings (SSSR count). The van der Waals surface area contributed by atoms with Crippen molar-refractivity contribution in [3.63, 3.8) is 0 Å². The first-order valence-corrected chi connectivity index (χ1v) is 13.9. The van der Waals surface area contributed by atoms with Gasteiger partial charge in [-0.05, 0) is 49.9 Å². The van der Waals surface area contributed by atoms with Crippen LogP contribution in [0.2, 0.25) is 5.02 Å². The summed E-state index contributed by atoms with van der Waals surface area (Å²) in [5.74, 6) is 0.177. The normalized spacial score (nSPS) is 20.2. The van der Waals surface area contributed by atoms with E-state index in [0.717, 1.165) is 31.4 Å². The predicted molar refractivity (Wildman–Crippen MR) is 142 cm³/mol. The van der Waals surface area contributed by atoms with Gasteiger partial charge in [0.2, 0.25) is 0 Å². The topological polar surface area (TPSA) is 91.9 Å². The summed E-state index contributed by atoms with van der Waals surface area (Å²) >= 11 is 6.08. The van der Waals surface area contributed by atoms with Gasteiger partial charge in [0, 0.05) is 38.1 Å². The van der Waals surface area contributed by atoms with Crippen molar-refractivity contribution in [2.24, 2.45) is 11.8 Å². The van der Waals surface area contributed by atoms with Gasteiger partial charge in [-0.25, -0.2) is 14.0 Å². The quantitative estimate of drug-likeness (QED) is 0.348. The van der Waals surface area contributed by atoms with Crippen LogP contribution in [0, 0.1) is 17.7 Å². The highest BCUT2D eigenvalue weighted by atomic mass is 35.5. The van der Waals surface area contributed by atoms with Gasteiger partial charge in [0.25, 0.3) is 0 Å². The summed E-state index contributed by atoms with van der Waals surface area (Å²) in [6.07, 6.45) is 8.12. The number of nitrogens with zero attached hydrogens (tertiary/aromatic N) is 1. The van der Waals surface area contributed by atoms with Crippen LogP contribution in [0.1, 0.15) is 63.0 Å². The Bertz CT molecular complexity index is 871. The minimum atomic E-state index is -0.533. The van der Waals surface area contributed by atoms with E-state index in [9.17, 15) is 14.0 Å². The van der Waals surface area contributed by atoms with Gasteiger partial charge in [-0.15, -0.1) is 0 Å². The fourth-order valence-electron chi connectivity index (χ4n) is 5.58. The maximum absolute atomic E-state index is 13.9. The fraction of sp³-hybridized carbons (Fsp3) is 0.704. The minimum Gasteiger partial charge on any atom is -0.453 e. The van der Waals surface area contributed by atoms with Crippen molar-refractivity contribution >= 4 is 23.7 Å². The van der Waals surface area contributed by atoms with Crippen LogP contribution in [0.5, 0.6) is 0 Å². The van der Waals surface area contributed by atoms with Gasteiger partial charge in [0.05, 0.1) is 24.8 Å². The van der Waals surface area contributed by atoms with Gasteiger partial charge in [-0.2, -0.15) is 0 Å². The zero-order valence-corrected chi connectivity index (χ0v) is 22.8. The molecule has 208 valence electrons. The van der Waals surface area contributed by atoms with Crippen molar-refractivity contribution in [3.05, 3.63) is 34.6 Å². The molecule has 1 aliphatic carbocycles. The number of rotatable bonds is 11. The van der Waals surface area contributed by atoms with Crippen LogP contribution in [-0.2, 0) is 9.47 Å². The zero-order valence-electron chi connectivity index (χ0n) is 22.1. The van der Waals surface area contributed by atoms with Crippen molar-refractivity contribution in [1.82, 2.24) is 20.9 Å². The van der Waals surface area contributed by atoms with Crippen LogP contribution in [-0.4, -0.2) is 70.0 Å². The Kier molecular flexibility index (Phi) is 12.2. The first-order chi connectivity index (χ1) is 17.9. The number of carbonyl (C=O) groups excluding carboxylic acids is 2. The van der Waals surface area contributed by atoms with Crippen LogP contribution in [0.25, 0.3) is 0 Å². The van der Waals surface area contributed by atoms with Crippen molar-refractivity contribution < 1.29 is 23.5 Å². The number of amides is 3. The van der Waals surface area contributed by atoms with E-state index in [1.165, 1.54) is 45.3 Å². The average Bonchev–Trinajstić information content (AvgIpc) is 2.91. The molecule has 8 nitrogen and oxygen atoms in total. The summed E-state index contributed by atoms with van der Waals surface area (Å²) in [4.78, 5) is 26.6. The van der Waals surface area contributed by atoms with Gasteiger partial charge >= 0.3 is 12.1 Å². The number of nitrogens with one attached hydrogen (secondary N) is 3. The van der Waals surface area contributed by atoms with E-state index >= 15 is 0 Å². The van der Waals surface area contributed by atoms with Crippen molar-refractivity contribution in [2.45, 2.75) is 63.5 Å². The Morgan fingerprint density at radius 3 is 2.68 bits per heavy atom. The predicted octanol–water partition coefficient (Wildman–Crippen LogP) is 4.87. The first kappa shape index (κ1) is 29.5. The number of hydrogen-bond donors (Lipinski definition) is 3. The number of urea groups is 1. The van der Waals surface area contributed by atoms with Crippen LogP contribution in [0.3, 0.4) is 0 Å². The maximum atomic E-state index is 13.9. The number of benzene rings is 1. The van der Waals surface area contributed by atoms with E-state index < -0.39 is 18.0 Å². The van der Waals surface area contributed by atoms with E-state index in [-0.39, 0.29) is 36.2 Å². The Hall–Kier alpha value is -2.10. The third-order valence-electron chi connectivity index (χ3n) is 7.42. The molecule has 0 bridgehead atoms. The molecule has 1 heterocycles. The molecule has 10 heteroatoms. The number of methoxy groups -OCH3 is 1. The minimum absolute atomic E-state index is 0.000231. The largest absolute Gasteiger partial charge is 0.453 e. The monoisotopic (exact) mass is 540 g/mol. The molecule has 1 aromatic rings. The van der Waals surface area contributed by atoms with E-state index in [4.69, 9.17) is 16.3 Å². The van der Waals surface area contributed by atoms with E-state index in [2.05, 4.69) is 20.7 Å². The second kappa shape index (κ2) is 15.3. The summed E-state index contributed by atoms with van der Waals surface area (Å²) in [5.41, 5.74) is 0.752.